The van der Waals surface area contributed by atoms with Crippen molar-refractivity contribution in [1.82, 2.24) is 0 Å². The van der Waals surface area contributed by atoms with Gasteiger partial charge in [0, 0.05) is 12.0 Å². The van der Waals surface area contributed by atoms with Crippen molar-refractivity contribution >= 4 is 6.29 Å². The minimum atomic E-state index is 0.327. The first-order valence-corrected chi connectivity index (χ1v) is 4.85. The average molecular weight is 211 g/mol. The number of carbonyl (C=O) groups is 1. The van der Waals surface area contributed by atoms with E-state index >= 15 is 0 Å². The van der Waals surface area contributed by atoms with E-state index < -0.39 is 0 Å². The first-order valence-electron chi connectivity index (χ1n) is 4.85. The molecule has 0 aliphatic rings. The molecule has 0 radical (unpaired) electrons. The molecule has 3 nitrogen and oxygen atoms in total. The number of aldehydes is 1. The number of furan rings is 1. The maximum Gasteiger partial charge on any atom is 0.135 e. The summed E-state index contributed by atoms with van der Waals surface area (Å²) in [6.45, 7) is 0. The van der Waals surface area contributed by atoms with E-state index in [0.717, 1.165) is 17.4 Å². The summed E-state index contributed by atoms with van der Waals surface area (Å²) >= 11 is 0. The normalized spacial score (nSPS) is 9.69. The summed E-state index contributed by atoms with van der Waals surface area (Å²) in [5, 5.41) is 9.03. The Balaban J connectivity index is 2.48. The quantitative estimate of drug-likeness (QED) is 0.733. The third-order valence-corrected chi connectivity index (χ3v) is 2.31. The molecule has 0 spiro atoms. The maximum absolute atomic E-state index is 10.4. The van der Waals surface area contributed by atoms with Crippen LogP contribution in [0.2, 0.25) is 0 Å². The molecule has 0 aliphatic heterocycles. The summed E-state index contributed by atoms with van der Waals surface area (Å²) in [6, 6.07) is 11.0. The lowest BCUT2D eigenvalue weighted by atomic mass is 10.0. The number of nitrogens with zero attached hydrogens (tertiary/aromatic N) is 1. The number of rotatable bonds is 3. The molecule has 0 atom stereocenters. The molecule has 0 bridgehead atoms. The molecular formula is C13H9NO2. The number of hydrogen-bond acceptors (Lipinski definition) is 3. The molecule has 3 heteroatoms. The van der Waals surface area contributed by atoms with Crippen LogP contribution >= 0.6 is 0 Å². The fraction of sp³-hybridized carbons (Fsp3) is 0.0769. The van der Waals surface area contributed by atoms with Crippen LogP contribution in [0.4, 0.5) is 0 Å². The summed E-state index contributed by atoms with van der Waals surface area (Å²) < 4.78 is 5.24. The zero-order chi connectivity index (χ0) is 11.4. The Hall–Kier alpha value is -2.34. The Bertz CT molecular complexity index is 536. The highest BCUT2D eigenvalue weighted by Crippen LogP contribution is 2.24. The Morgan fingerprint density at radius 2 is 2.25 bits per heavy atom. The molecule has 16 heavy (non-hydrogen) atoms. The van der Waals surface area contributed by atoms with Gasteiger partial charge in [-0.05, 0) is 29.8 Å². The highest BCUT2D eigenvalue weighted by molar-refractivity contribution is 5.67. The predicted octanol–water partition coefficient (Wildman–Crippen LogP) is 2.56. The molecule has 2 rings (SSSR count). The summed E-state index contributed by atoms with van der Waals surface area (Å²) in [7, 11) is 0. The number of carbonyl (C=O) groups excluding carboxylic acids is 1. The SMILES string of the molecule is N#Cc1cc(CC=O)ccc1-c1ccco1. The second-order valence-corrected chi connectivity index (χ2v) is 3.34. The number of hydrogen-bond donors (Lipinski definition) is 0. The third-order valence-electron chi connectivity index (χ3n) is 2.31. The smallest absolute Gasteiger partial charge is 0.135 e. The Morgan fingerprint density at radius 3 is 2.88 bits per heavy atom. The Labute approximate surface area is 92.9 Å². The minimum absolute atomic E-state index is 0.327. The summed E-state index contributed by atoms with van der Waals surface area (Å²) in [6.07, 6.45) is 2.71. The van der Waals surface area contributed by atoms with Gasteiger partial charge >= 0.3 is 0 Å². The van der Waals surface area contributed by atoms with E-state index in [0.29, 0.717) is 17.7 Å². The lowest BCUT2D eigenvalue weighted by Gasteiger charge is -2.02. The molecule has 0 amide bonds. The van der Waals surface area contributed by atoms with Gasteiger partial charge < -0.3 is 9.21 Å². The molecule has 0 saturated heterocycles. The summed E-state index contributed by atoms with van der Waals surface area (Å²) in [5.41, 5.74) is 2.11. The van der Waals surface area contributed by atoms with Crippen LogP contribution in [0, 0.1) is 11.3 Å². The molecule has 78 valence electrons. The van der Waals surface area contributed by atoms with Crippen LogP contribution in [0.5, 0.6) is 0 Å². The van der Waals surface area contributed by atoms with E-state index in [4.69, 9.17) is 9.68 Å². The molecule has 1 aromatic carbocycles. The van der Waals surface area contributed by atoms with Crippen LogP contribution in [-0.2, 0) is 11.2 Å². The van der Waals surface area contributed by atoms with Crippen LogP contribution < -0.4 is 0 Å². The standard InChI is InChI=1S/C13H9NO2/c14-9-11-8-10(5-6-15)3-4-12(11)13-2-1-7-16-13/h1-4,6-8H,5H2. The second kappa shape index (κ2) is 4.45. The molecule has 1 heterocycles. The van der Waals surface area contributed by atoms with Crippen molar-refractivity contribution < 1.29 is 9.21 Å². The van der Waals surface area contributed by atoms with Gasteiger partial charge in [0.25, 0.3) is 0 Å². The zero-order valence-electron chi connectivity index (χ0n) is 8.51. The average Bonchev–Trinajstić information content (AvgIpc) is 2.83. The first-order chi connectivity index (χ1) is 7.85. The van der Waals surface area contributed by atoms with Gasteiger partial charge in [0.1, 0.15) is 12.0 Å². The Kier molecular flexibility index (Phi) is 2.84. The zero-order valence-corrected chi connectivity index (χ0v) is 8.51. The largest absolute Gasteiger partial charge is 0.464 e. The van der Waals surface area contributed by atoms with Crippen molar-refractivity contribution in [2.45, 2.75) is 6.42 Å². The lowest BCUT2D eigenvalue weighted by molar-refractivity contribution is -0.107. The van der Waals surface area contributed by atoms with Crippen molar-refractivity contribution in [1.29, 1.82) is 5.26 Å². The molecule has 0 saturated carbocycles. The topological polar surface area (TPSA) is 54.0 Å². The highest BCUT2D eigenvalue weighted by atomic mass is 16.3. The Morgan fingerprint density at radius 1 is 1.38 bits per heavy atom. The molecule has 0 aliphatic carbocycles. The minimum Gasteiger partial charge on any atom is -0.464 e. The van der Waals surface area contributed by atoms with Crippen molar-refractivity contribution in [3.63, 3.8) is 0 Å². The van der Waals surface area contributed by atoms with Gasteiger partial charge in [0.05, 0.1) is 17.9 Å². The fourth-order valence-electron chi connectivity index (χ4n) is 1.55. The van der Waals surface area contributed by atoms with E-state index in [1.54, 1.807) is 30.5 Å². The third kappa shape index (κ3) is 1.86. The van der Waals surface area contributed by atoms with Gasteiger partial charge in [-0.3, -0.25) is 0 Å². The molecular weight excluding hydrogens is 202 g/mol. The molecule has 0 N–H and O–H groups in total. The number of benzene rings is 1. The van der Waals surface area contributed by atoms with Gasteiger partial charge in [-0.1, -0.05) is 6.07 Å². The fourth-order valence-corrected chi connectivity index (χ4v) is 1.55. The van der Waals surface area contributed by atoms with Crippen LogP contribution in [0.1, 0.15) is 11.1 Å². The summed E-state index contributed by atoms with van der Waals surface area (Å²) in [4.78, 5) is 10.4. The predicted molar refractivity (Wildman–Crippen MR) is 58.6 cm³/mol. The van der Waals surface area contributed by atoms with Gasteiger partial charge in [0.2, 0.25) is 0 Å². The van der Waals surface area contributed by atoms with Crippen molar-refractivity contribution in [3.8, 4) is 17.4 Å². The molecule has 2 aromatic rings. The van der Waals surface area contributed by atoms with Crippen molar-refractivity contribution in [2.24, 2.45) is 0 Å². The van der Waals surface area contributed by atoms with E-state index in [-0.39, 0.29) is 0 Å². The van der Waals surface area contributed by atoms with E-state index in [1.807, 2.05) is 6.07 Å². The maximum atomic E-state index is 10.4. The van der Waals surface area contributed by atoms with Gasteiger partial charge in [0.15, 0.2) is 0 Å². The van der Waals surface area contributed by atoms with Crippen molar-refractivity contribution in [2.75, 3.05) is 0 Å². The number of nitriles is 1. The van der Waals surface area contributed by atoms with Crippen LogP contribution in [0.25, 0.3) is 11.3 Å². The van der Waals surface area contributed by atoms with E-state index in [2.05, 4.69) is 6.07 Å². The van der Waals surface area contributed by atoms with Gasteiger partial charge in [-0.15, -0.1) is 0 Å². The lowest BCUT2D eigenvalue weighted by Crippen LogP contribution is -1.89. The van der Waals surface area contributed by atoms with Crippen LogP contribution in [0.15, 0.2) is 41.0 Å². The van der Waals surface area contributed by atoms with Gasteiger partial charge in [-0.25, -0.2) is 0 Å². The van der Waals surface area contributed by atoms with Gasteiger partial charge in [-0.2, -0.15) is 5.26 Å². The summed E-state index contributed by atoms with van der Waals surface area (Å²) in [5.74, 6) is 0.661. The van der Waals surface area contributed by atoms with E-state index in [9.17, 15) is 4.79 Å². The van der Waals surface area contributed by atoms with Crippen LogP contribution in [0.3, 0.4) is 0 Å². The van der Waals surface area contributed by atoms with Crippen LogP contribution in [-0.4, -0.2) is 6.29 Å². The molecule has 0 unspecified atom stereocenters. The van der Waals surface area contributed by atoms with E-state index in [1.165, 1.54) is 0 Å². The molecule has 1 aromatic heterocycles. The van der Waals surface area contributed by atoms with Crippen molar-refractivity contribution in [3.05, 3.63) is 47.7 Å². The monoisotopic (exact) mass is 211 g/mol. The first kappa shape index (κ1) is 10.2. The highest BCUT2D eigenvalue weighted by Gasteiger charge is 2.07. The second-order valence-electron chi connectivity index (χ2n) is 3.34. The molecule has 0 fully saturated rings.